The number of hydrogen-bond donors (Lipinski definition) is 2. The largest absolute Gasteiger partial charge is 0.496 e. The molecule has 0 bridgehead atoms. The van der Waals surface area contributed by atoms with Crippen LogP contribution in [0.1, 0.15) is 26.4 Å². The van der Waals surface area contributed by atoms with Gasteiger partial charge in [-0.2, -0.15) is 5.26 Å². The third kappa shape index (κ3) is 5.40. The van der Waals surface area contributed by atoms with E-state index in [9.17, 15) is 9.59 Å². The number of ether oxygens (including phenoxy) is 1. The summed E-state index contributed by atoms with van der Waals surface area (Å²) in [7, 11) is 1.48. The normalized spacial score (nSPS) is 10.1. The second kappa shape index (κ2) is 9.48. The van der Waals surface area contributed by atoms with Crippen LogP contribution in [0.25, 0.3) is 0 Å². The van der Waals surface area contributed by atoms with E-state index in [1.54, 1.807) is 42.6 Å². The summed E-state index contributed by atoms with van der Waals surface area (Å²) in [6.07, 6.45) is 2.36. The third-order valence-electron chi connectivity index (χ3n) is 4.02. The Morgan fingerprint density at radius 1 is 1.17 bits per heavy atom. The molecule has 0 unspecified atom stereocenters. The van der Waals surface area contributed by atoms with Crippen molar-refractivity contribution in [3.05, 3.63) is 76.3 Å². The molecule has 0 aliphatic rings. The SMILES string of the molecule is COc1ccccc1C(=O)NCC(=O)Nc1ncc(Cc2ccc(C#N)cc2)s1. The second-order valence-electron chi connectivity index (χ2n) is 6.05. The molecule has 3 rings (SSSR count). The van der Waals surface area contributed by atoms with Crippen LogP contribution in [0.15, 0.2) is 54.7 Å². The second-order valence-corrected chi connectivity index (χ2v) is 7.16. The maximum absolute atomic E-state index is 12.2. The van der Waals surface area contributed by atoms with E-state index in [-0.39, 0.29) is 12.5 Å². The summed E-state index contributed by atoms with van der Waals surface area (Å²) in [5.41, 5.74) is 2.03. The van der Waals surface area contributed by atoms with E-state index in [2.05, 4.69) is 21.7 Å². The lowest BCUT2D eigenvalue weighted by molar-refractivity contribution is -0.115. The first-order valence-electron chi connectivity index (χ1n) is 8.74. The summed E-state index contributed by atoms with van der Waals surface area (Å²) in [5.74, 6) is -0.316. The van der Waals surface area contributed by atoms with E-state index >= 15 is 0 Å². The van der Waals surface area contributed by atoms with Crippen LogP contribution in [-0.2, 0) is 11.2 Å². The number of benzene rings is 2. The van der Waals surface area contributed by atoms with E-state index in [4.69, 9.17) is 10.00 Å². The fourth-order valence-electron chi connectivity index (χ4n) is 2.60. The number of anilines is 1. The molecule has 0 saturated heterocycles. The number of nitrogens with zero attached hydrogens (tertiary/aromatic N) is 2. The van der Waals surface area contributed by atoms with Crippen molar-refractivity contribution >= 4 is 28.3 Å². The summed E-state index contributed by atoms with van der Waals surface area (Å²) in [6, 6.07) is 16.2. The van der Waals surface area contributed by atoms with Gasteiger partial charge in [0.15, 0.2) is 5.13 Å². The smallest absolute Gasteiger partial charge is 0.255 e. The van der Waals surface area contributed by atoms with Crippen LogP contribution in [-0.4, -0.2) is 30.5 Å². The molecule has 0 fully saturated rings. The zero-order chi connectivity index (χ0) is 20.6. The Labute approximate surface area is 172 Å². The predicted octanol–water partition coefficient (Wildman–Crippen LogP) is 2.98. The van der Waals surface area contributed by atoms with Crippen LogP contribution in [0, 0.1) is 11.3 Å². The van der Waals surface area contributed by atoms with E-state index in [0.29, 0.717) is 28.4 Å². The molecule has 1 heterocycles. The molecule has 7 nitrogen and oxygen atoms in total. The van der Waals surface area contributed by atoms with Gasteiger partial charge in [-0.25, -0.2) is 4.98 Å². The summed E-state index contributed by atoms with van der Waals surface area (Å²) in [6.45, 7) is -0.179. The zero-order valence-electron chi connectivity index (χ0n) is 15.6. The molecule has 0 aliphatic carbocycles. The number of amides is 2. The lowest BCUT2D eigenvalue weighted by Gasteiger charge is -2.08. The Balaban J connectivity index is 1.52. The molecule has 3 aromatic rings. The first-order valence-corrected chi connectivity index (χ1v) is 9.55. The quantitative estimate of drug-likeness (QED) is 0.628. The van der Waals surface area contributed by atoms with Gasteiger partial charge in [-0.05, 0) is 29.8 Å². The van der Waals surface area contributed by atoms with Gasteiger partial charge < -0.3 is 15.4 Å². The van der Waals surface area contributed by atoms with Gasteiger partial charge in [-0.3, -0.25) is 9.59 Å². The Morgan fingerprint density at radius 2 is 1.93 bits per heavy atom. The predicted molar refractivity (Wildman–Crippen MR) is 110 cm³/mol. The lowest BCUT2D eigenvalue weighted by Crippen LogP contribution is -2.33. The number of nitriles is 1. The van der Waals surface area contributed by atoms with Crippen molar-refractivity contribution in [2.24, 2.45) is 0 Å². The number of para-hydroxylation sites is 1. The van der Waals surface area contributed by atoms with E-state index in [1.165, 1.54) is 18.4 Å². The first-order chi connectivity index (χ1) is 14.1. The number of rotatable bonds is 7. The topological polar surface area (TPSA) is 104 Å². The number of methoxy groups -OCH3 is 1. The van der Waals surface area contributed by atoms with Gasteiger partial charge in [0.25, 0.3) is 5.91 Å². The Kier molecular flexibility index (Phi) is 6.55. The maximum Gasteiger partial charge on any atom is 0.255 e. The fraction of sp³-hybridized carbons (Fsp3) is 0.143. The highest BCUT2D eigenvalue weighted by molar-refractivity contribution is 7.15. The third-order valence-corrected chi connectivity index (χ3v) is 4.94. The van der Waals surface area contributed by atoms with Crippen LogP contribution < -0.4 is 15.4 Å². The summed E-state index contributed by atoms with van der Waals surface area (Å²) in [4.78, 5) is 29.5. The number of aromatic nitrogens is 1. The van der Waals surface area contributed by atoms with Crippen molar-refractivity contribution in [2.75, 3.05) is 19.0 Å². The number of carbonyl (C=O) groups is 2. The molecule has 8 heteroatoms. The van der Waals surface area contributed by atoms with Crippen molar-refractivity contribution in [3.63, 3.8) is 0 Å². The van der Waals surface area contributed by atoms with E-state index < -0.39 is 5.91 Å². The molecule has 2 N–H and O–H groups in total. The Morgan fingerprint density at radius 3 is 2.66 bits per heavy atom. The molecule has 0 aliphatic heterocycles. The van der Waals surface area contributed by atoms with Gasteiger partial charge >= 0.3 is 0 Å². The van der Waals surface area contributed by atoms with Crippen LogP contribution in [0.5, 0.6) is 5.75 Å². The highest BCUT2D eigenvalue weighted by atomic mass is 32.1. The molecule has 29 heavy (non-hydrogen) atoms. The summed E-state index contributed by atoms with van der Waals surface area (Å²) < 4.78 is 5.15. The molecule has 2 aromatic carbocycles. The summed E-state index contributed by atoms with van der Waals surface area (Å²) >= 11 is 1.36. The van der Waals surface area contributed by atoms with Gasteiger partial charge in [-0.15, -0.1) is 11.3 Å². The maximum atomic E-state index is 12.2. The zero-order valence-corrected chi connectivity index (χ0v) is 16.5. The minimum absolute atomic E-state index is 0.179. The van der Waals surface area contributed by atoms with Gasteiger partial charge in [0, 0.05) is 17.5 Å². The van der Waals surface area contributed by atoms with Crippen molar-refractivity contribution in [1.29, 1.82) is 5.26 Å². The van der Waals surface area contributed by atoms with Crippen LogP contribution >= 0.6 is 11.3 Å². The number of hydrogen-bond acceptors (Lipinski definition) is 6. The number of thiazole rings is 1. The van der Waals surface area contributed by atoms with E-state index in [0.717, 1.165) is 10.4 Å². The highest BCUT2D eigenvalue weighted by Crippen LogP contribution is 2.21. The first kappa shape index (κ1) is 20.0. The Bertz CT molecular complexity index is 1050. The summed E-state index contributed by atoms with van der Waals surface area (Å²) in [5, 5.41) is 14.6. The minimum atomic E-state index is -0.391. The number of carbonyl (C=O) groups excluding carboxylic acids is 2. The van der Waals surface area contributed by atoms with Crippen LogP contribution in [0.3, 0.4) is 0 Å². The molecule has 146 valence electrons. The van der Waals surface area contributed by atoms with Crippen molar-refractivity contribution in [3.8, 4) is 11.8 Å². The molecule has 1 aromatic heterocycles. The molecular formula is C21H18N4O3S. The van der Waals surface area contributed by atoms with Crippen LogP contribution in [0.2, 0.25) is 0 Å². The van der Waals surface area contributed by atoms with Crippen LogP contribution in [0.4, 0.5) is 5.13 Å². The lowest BCUT2D eigenvalue weighted by atomic mass is 10.1. The molecule has 0 saturated carbocycles. The fourth-order valence-corrected chi connectivity index (χ4v) is 3.46. The van der Waals surface area contributed by atoms with Gasteiger partial charge in [0.2, 0.25) is 5.91 Å². The minimum Gasteiger partial charge on any atom is -0.496 e. The van der Waals surface area contributed by atoms with Gasteiger partial charge in [-0.1, -0.05) is 24.3 Å². The molecule has 0 atom stereocenters. The Hall–Kier alpha value is -3.70. The average molecular weight is 406 g/mol. The molecule has 0 spiro atoms. The van der Waals surface area contributed by atoms with Gasteiger partial charge in [0.1, 0.15) is 5.75 Å². The van der Waals surface area contributed by atoms with Crippen molar-refractivity contribution < 1.29 is 14.3 Å². The van der Waals surface area contributed by atoms with Crippen molar-refractivity contribution in [2.45, 2.75) is 6.42 Å². The van der Waals surface area contributed by atoms with Gasteiger partial charge in [0.05, 0.1) is 30.9 Å². The monoisotopic (exact) mass is 406 g/mol. The van der Waals surface area contributed by atoms with E-state index in [1.807, 2.05) is 12.1 Å². The average Bonchev–Trinajstić information content (AvgIpc) is 3.19. The molecular weight excluding hydrogens is 388 g/mol. The van der Waals surface area contributed by atoms with Crippen molar-refractivity contribution in [1.82, 2.24) is 10.3 Å². The standard InChI is InChI=1S/C21H18N4O3S/c1-28-18-5-3-2-4-17(18)20(27)23-13-19(26)25-21-24-12-16(29-21)10-14-6-8-15(11-22)9-7-14/h2-9,12H,10,13H2,1H3,(H,23,27)(H,24,25,26). The molecule has 0 radical (unpaired) electrons. The number of nitrogens with one attached hydrogen (secondary N) is 2. The molecule has 2 amide bonds. The highest BCUT2D eigenvalue weighted by Gasteiger charge is 2.13.